The van der Waals surface area contributed by atoms with Gasteiger partial charge in [-0.05, 0) is 55.2 Å². The maximum Gasteiger partial charge on any atom is 0.416 e. The summed E-state index contributed by atoms with van der Waals surface area (Å²) in [5, 5.41) is 6.05. The van der Waals surface area contributed by atoms with Gasteiger partial charge in [0.1, 0.15) is 5.82 Å². The Morgan fingerprint density at radius 1 is 1.27 bits per heavy atom. The third kappa shape index (κ3) is 6.18. The van der Waals surface area contributed by atoms with E-state index >= 15 is 0 Å². The number of rotatable bonds is 8. The number of amides is 1. The first kappa shape index (κ1) is 24.4. The largest absolute Gasteiger partial charge is 0.416 e. The van der Waals surface area contributed by atoms with Crippen LogP contribution in [-0.2, 0) is 11.0 Å². The highest BCUT2D eigenvalue weighted by Crippen LogP contribution is 2.30. The predicted molar refractivity (Wildman–Crippen MR) is 126 cm³/mol. The van der Waals surface area contributed by atoms with Gasteiger partial charge in [0.2, 0.25) is 5.91 Å². The number of likely N-dealkylation sites (tertiary alicyclic amines) is 1. The Balaban J connectivity index is 1.65. The van der Waals surface area contributed by atoms with Crippen molar-refractivity contribution in [1.82, 2.24) is 9.88 Å². The van der Waals surface area contributed by atoms with Gasteiger partial charge >= 0.3 is 6.18 Å². The molecule has 3 N–H and O–H groups in total. The zero-order valence-corrected chi connectivity index (χ0v) is 18.9. The Hall–Kier alpha value is -3.23. The monoisotopic (exact) mass is 461 g/mol. The summed E-state index contributed by atoms with van der Waals surface area (Å²) in [6.45, 7) is 7.35. The fraction of sp³-hybridized carbons (Fsp3) is 0.417. The molecule has 0 spiro atoms. The number of nitrogens with zero attached hydrogens (tertiary/aromatic N) is 2. The highest BCUT2D eigenvalue weighted by atomic mass is 19.4. The number of halogens is 3. The summed E-state index contributed by atoms with van der Waals surface area (Å²) < 4.78 is 38.1. The average Bonchev–Trinajstić information content (AvgIpc) is 3.29. The van der Waals surface area contributed by atoms with Crippen LogP contribution in [0.25, 0.3) is 0 Å². The Bertz CT molecular complexity index is 994. The van der Waals surface area contributed by atoms with E-state index in [0.29, 0.717) is 18.8 Å². The maximum atomic E-state index is 12.8. The van der Waals surface area contributed by atoms with Gasteiger partial charge in [0.25, 0.3) is 0 Å². The molecule has 0 saturated carbocycles. The Morgan fingerprint density at radius 2 is 2.00 bits per heavy atom. The van der Waals surface area contributed by atoms with Crippen LogP contribution in [0.1, 0.15) is 37.3 Å². The van der Waals surface area contributed by atoms with Crippen LogP contribution in [0.5, 0.6) is 0 Å². The highest BCUT2D eigenvalue weighted by Gasteiger charge is 2.30. The summed E-state index contributed by atoms with van der Waals surface area (Å²) >= 11 is 0. The number of alkyl halides is 3. The number of allylic oxidation sites excluding steroid dienone is 1. The van der Waals surface area contributed by atoms with Gasteiger partial charge in [0.15, 0.2) is 0 Å². The number of nitrogens with one attached hydrogen (secondary N) is 3. The molecule has 0 aliphatic carbocycles. The number of anilines is 2. The Labute approximate surface area is 192 Å². The normalized spacial score (nSPS) is 17.1. The summed E-state index contributed by atoms with van der Waals surface area (Å²) in [5.74, 6) is 0.760. The van der Waals surface area contributed by atoms with Gasteiger partial charge in [0.05, 0.1) is 23.9 Å². The van der Waals surface area contributed by atoms with Gasteiger partial charge in [-0.2, -0.15) is 13.2 Å². The van der Waals surface area contributed by atoms with E-state index in [4.69, 9.17) is 4.99 Å². The van der Waals surface area contributed by atoms with Crippen molar-refractivity contribution in [2.24, 2.45) is 4.99 Å². The number of aliphatic imine (C=N–C) groups is 1. The van der Waals surface area contributed by atoms with E-state index in [9.17, 15) is 18.0 Å². The topological polar surface area (TPSA) is 72.5 Å². The van der Waals surface area contributed by atoms with Crippen molar-refractivity contribution < 1.29 is 18.0 Å². The molecule has 1 aliphatic heterocycles. The van der Waals surface area contributed by atoms with Crippen LogP contribution < -0.4 is 10.6 Å². The lowest BCUT2D eigenvalue weighted by Crippen LogP contribution is -2.44. The van der Waals surface area contributed by atoms with Crippen molar-refractivity contribution in [3.05, 3.63) is 59.8 Å². The first-order valence-corrected chi connectivity index (χ1v) is 11.0. The number of hydrogen-bond acceptors (Lipinski definition) is 4. The zero-order chi connectivity index (χ0) is 24.0. The lowest BCUT2D eigenvalue weighted by molar-refractivity contribution is -0.137. The van der Waals surface area contributed by atoms with E-state index in [-0.39, 0.29) is 18.5 Å². The number of piperidine rings is 1. The van der Waals surface area contributed by atoms with Crippen LogP contribution in [0.3, 0.4) is 0 Å². The molecule has 178 valence electrons. The molecule has 9 heteroatoms. The Kier molecular flexibility index (Phi) is 7.84. The molecule has 1 aromatic heterocycles. The third-order valence-corrected chi connectivity index (χ3v) is 5.73. The smallest absolute Gasteiger partial charge is 0.376 e. The minimum Gasteiger partial charge on any atom is -0.376 e. The molecule has 0 radical (unpaired) electrons. The van der Waals surface area contributed by atoms with Crippen LogP contribution in [0.15, 0.2) is 53.7 Å². The molecule has 2 heterocycles. The van der Waals surface area contributed by atoms with Crippen molar-refractivity contribution in [1.29, 1.82) is 0 Å². The summed E-state index contributed by atoms with van der Waals surface area (Å²) in [7, 11) is 1.84. The molecular formula is C24H30F3N5O. The molecule has 1 fully saturated rings. The van der Waals surface area contributed by atoms with E-state index in [0.717, 1.165) is 54.1 Å². The van der Waals surface area contributed by atoms with Gasteiger partial charge in [0, 0.05) is 37.6 Å². The van der Waals surface area contributed by atoms with Crippen molar-refractivity contribution in [3.63, 3.8) is 0 Å². The van der Waals surface area contributed by atoms with Gasteiger partial charge in [-0.1, -0.05) is 13.5 Å². The molecular weight excluding hydrogens is 431 g/mol. The molecule has 1 saturated heterocycles. The fourth-order valence-electron chi connectivity index (χ4n) is 3.83. The molecule has 6 nitrogen and oxygen atoms in total. The average molecular weight is 462 g/mol. The maximum absolute atomic E-state index is 12.8. The molecule has 1 amide bonds. The third-order valence-electron chi connectivity index (χ3n) is 5.73. The molecule has 1 aromatic carbocycles. The molecule has 1 aliphatic rings. The number of carbonyl (C=O) groups is 1. The van der Waals surface area contributed by atoms with Crippen LogP contribution >= 0.6 is 0 Å². The number of carbonyl (C=O) groups excluding carboxylic acids is 1. The zero-order valence-electron chi connectivity index (χ0n) is 18.9. The number of hydrogen-bond donors (Lipinski definition) is 3. The second-order valence-corrected chi connectivity index (χ2v) is 8.02. The molecule has 1 unspecified atom stereocenters. The van der Waals surface area contributed by atoms with Crippen molar-refractivity contribution in [2.75, 3.05) is 37.3 Å². The van der Waals surface area contributed by atoms with Gasteiger partial charge in [-0.25, -0.2) is 0 Å². The number of H-pyrrole nitrogens is 1. The standard InChI is InChI=1S/C24H30F3N5O/c1-4-16(2)22(20-11-12-29-23(20)28-3)31-19-6-5-13-32(15-19)21(33)14-30-18-9-7-17(8-10-18)24(25,26)27/h7-12,19,28-30H,2,4-6,13-15H2,1,3H3. The quantitative estimate of drug-likeness (QED) is 0.488. The first-order valence-electron chi connectivity index (χ1n) is 11.0. The van der Waals surface area contributed by atoms with E-state index in [1.165, 1.54) is 12.1 Å². The van der Waals surface area contributed by atoms with Crippen LogP contribution in [0.4, 0.5) is 24.7 Å². The van der Waals surface area contributed by atoms with Crippen molar-refractivity contribution in [3.8, 4) is 0 Å². The minimum atomic E-state index is -4.38. The first-order chi connectivity index (χ1) is 15.7. The molecule has 2 aromatic rings. The van der Waals surface area contributed by atoms with Crippen LogP contribution in [0, 0.1) is 0 Å². The fourth-order valence-corrected chi connectivity index (χ4v) is 3.83. The number of aromatic amines is 1. The lowest BCUT2D eigenvalue weighted by Gasteiger charge is -2.31. The van der Waals surface area contributed by atoms with E-state index in [1.807, 2.05) is 26.2 Å². The molecule has 3 rings (SSSR count). The second kappa shape index (κ2) is 10.6. The number of benzene rings is 1. The van der Waals surface area contributed by atoms with Gasteiger partial charge in [-0.15, -0.1) is 0 Å². The number of aromatic nitrogens is 1. The molecule has 33 heavy (non-hydrogen) atoms. The molecule has 1 atom stereocenters. The summed E-state index contributed by atoms with van der Waals surface area (Å²) in [4.78, 5) is 22.6. The van der Waals surface area contributed by atoms with Crippen LogP contribution in [0.2, 0.25) is 0 Å². The predicted octanol–water partition coefficient (Wildman–Crippen LogP) is 4.93. The van der Waals surface area contributed by atoms with Crippen LogP contribution in [-0.4, -0.2) is 54.2 Å². The van der Waals surface area contributed by atoms with Crippen molar-refractivity contribution in [2.45, 2.75) is 38.4 Å². The summed E-state index contributed by atoms with van der Waals surface area (Å²) in [6.07, 6.45) is -0.0647. The second-order valence-electron chi connectivity index (χ2n) is 8.02. The Morgan fingerprint density at radius 3 is 2.64 bits per heavy atom. The van der Waals surface area contributed by atoms with E-state index < -0.39 is 11.7 Å². The summed E-state index contributed by atoms with van der Waals surface area (Å²) in [5.41, 5.74) is 2.47. The van der Waals surface area contributed by atoms with Gasteiger partial charge in [-0.3, -0.25) is 9.79 Å². The van der Waals surface area contributed by atoms with Crippen molar-refractivity contribution >= 4 is 23.1 Å². The van der Waals surface area contributed by atoms with Gasteiger partial charge < -0.3 is 20.5 Å². The van der Waals surface area contributed by atoms with E-state index in [1.54, 1.807) is 4.90 Å². The molecule has 0 bridgehead atoms. The highest BCUT2D eigenvalue weighted by molar-refractivity contribution is 6.15. The minimum absolute atomic E-state index is 0.0119. The van der Waals surface area contributed by atoms with E-state index in [2.05, 4.69) is 22.2 Å². The SMILES string of the molecule is C=C(CC)C(=NC1CCCN(C(=O)CNc2ccc(C(F)(F)F)cc2)C1)c1cc[nH]c1NC. The lowest BCUT2D eigenvalue weighted by atomic mass is 10.0. The summed E-state index contributed by atoms with van der Waals surface area (Å²) in [6, 6.07) is 6.58.